The molecule has 0 aromatic heterocycles. The van der Waals surface area contributed by atoms with E-state index in [4.69, 9.17) is 5.73 Å². The molecular weight excluding hydrogens is 280 g/mol. The number of likely N-dealkylation sites (tertiary alicyclic amines) is 1. The van der Waals surface area contributed by atoms with Crippen molar-refractivity contribution >= 4 is 17.7 Å². The Morgan fingerprint density at radius 1 is 1.43 bits per heavy atom. The molecule has 21 heavy (non-hydrogen) atoms. The molecule has 4 heteroatoms. The highest BCUT2D eigenvalue weighted by Crippen LogP contribution is 2.26. The van der Waals surface area contributed by atoms with Gasteiger partial charge in [-0.15, -0.1) is 11.8 Å². The Kier molecular flexibility index (Phi) is 5.71. The number of amides is 1. The summed E-state index contributed by atoms with van der Waals surface area (Å²) in [6.45, 7) is 7.86. The zero-order valence-electron chi connectivity index (χ0n) is 13.3. The van der Waals surface area contributed by atoms with Crippen LogP contribution in [-0.2, 0) is 4.79 Å². The molecule has 1 heterocycles. The molecule has 0 saturated carbocycles. The number of nitrogens with two attached hydrogens (primary N) is 1. The highest BCUT2D eigenvalue weighted by Gasteiger charge is 2.28. The summed E-state index contributed by atoms with van der Waals surface area (Å²) in [5.41, 5.74) is 8.32. The molecule has 2 unspecified atom stereocenters. The van der Waals surface area contributed by atoms with Gasteiger partial charge < -0.3 is 10.6 Å². The van der Waals surface area contributed by atoms with Crippen LogP contribution in [0, 0.1) is 19.8 Å². The highest BCUT2D eigenvalue weighted by atomic mass is 32.2. The second-order valence-corrected chi connectivity index (χ2v) is 7.18. The van der Waals surface area contributed by atoms with Gasteiger partial charge in [0.05, 0.1) is 5.75 Å². The average Bonchev–Trinajstić information content (AvgIpc) is 2.47. The summed E-state index contributed by atoms with van der Waals surface area (Å²) >= 11 is 1.64. The number of hydrogen-bond acceptors (Lipinski definition) is 3. The van der Waals surface area contributed by atoms with E-state index in [2.05, 4.69) is 39.0 Å². The van der Waals surface area contributed by atoms with Gasteiger partial charge in [-0.3, -0.25) is 4.79 Å². The van der Waals surface area contributed by atoms with Gasteiger partial charge in [0.2, 0.25) is 5.91 Å². The molecule has 0 spiro atoms. The maximum Gasteiger partial charge on any atom is 0.233 e. The summed E-state index contributed by atoms with van der Waals surface area (Å²) in [7, 11) is 0. The van der Waals surface area contributed by atoms with Crippen LogP contribution >= 0.6 is 11.8 Å². The zero-order valence-corrected chi connectivity index (χ0v) is 14.1. The molecule has 2 rings (SSSR count). The van der Waals surface area contributed by atoms with Crippen LogP contribution in [0.4, 0.5) is 0 Å². The zero-order chi connectivity index (χ0) is 15.4. The summed E-state index contributed by atoms with van der Waals surface area (Å²) in [5, 5.41) is 0. The molecule has 1 aromatic rings. The predicted octanol–water partition coefficient (Wildman–Crippen LogP) is 2.98. The second-order valence-electron chi connectivity index (χ2n) is 6.16. The second kappa shape index (κ2) is 7.32. The first-order valence-electron chi connectivity index (χ1n) is 7.71. The Morgan fingerprint density at radius 3 is 2.90 bits per heavy atom. The van der Waals surface area contributed by atoms with Crippen LogP contribution in [0.1, 0.15) is 30.9 Å². The Hall–Kier alpha value is -1.00. The van der Waals surface area contributed by atoms with E-state index >= 15 is 0 Å². The first-order chi connectivity index (χ1) is 10.0. The smallest absolute Gasteiger partial charge is 0.233 e. The van der Waals surface area contributed by atoms with Gasteiger partial charge in [-0.05, 0) is 44.2 Å². The molecule has 1 aliphatic heterocycles. The van der Waals surface area contributed by atoms with Crippen LogP contribution in [0.5, 0.6) is 0 Å². The fourth-order valence-corrected chi connectivity index (χ4v) is 3.90. The quantitative estimate of drug-likeness (QED) is 0.870. The molecule has 1 aromatic carbocycles. The first-order valence-corrected chi connectivity index (χ1v) is 8.69. The van der Waals surface area contributed by atoms with E-state index in [1.165, 1.54) is 16.0 Å². The lowest BCUT2D eigenvalue weighted by atomic mass is 9.92. The fourth-order valence-electron chi connectivity index (χ4n) is 2.89. The van der Waals surface area contributed by atoms with Crippen LogP contribution in [0.2, 0.25) is 0 Å². The molecular formula is C17H26N2OS. The van der Waals surface area contributed by atoms with Gasteiger partial charge >= 0.3 is 0 Å². The van der Waals surface area contributed by atoms with E-state index in [1.807, 2.05) is 4.90 Å². The van der Waals surface area contributed by atoms with Crippen molar-refractivity contribution in [3.8, 4) is 0 Å². The van der Waals surface area contributed by atoms with Gasteiger partial charge in [0.1, 0.15) is 0 Å². The maximum atomic E-state index is 12.5. The van der Waals surface area contributed by atoms with Crippen LogP contribution in [0.3, 0.4) is 0 Å². The molecule has 0 radical (unpaired) electrons. The van der Waals surface area contributed by atoms with E-state index in [0.29, 0.717) is 18.2 Å². The number of carbonyl (C=O) groups is 1. The van der Waals surface area contributed by atoms with Crippen LogP contribution < -0.4 is 5.73 Å². The number of hydrogen-bond donors (Lipinski definition) is 1. The monoisotopic (exact) mass is 306 g/mol. The van der Waals surface area contributed by atoms with Crippen LogP contribution in [-0.4, -0.2) is 35.7 Å². The van der Waals surface area contributed by atoms with Crippen molar-refractivity contribution in [1.82, 2.24) is 4.90 Å². The number of aryl methyl sites for hydroxylation is 2. The van der Waals surface area contributed by atoms with E-state index in [1.54, 1.807) is 11.8 Å². The minimum Gasteiger partial charge on any atom is -0.338 e. The van der Waals surface area contributed by atoms with Crippen LogP contribution in [0.25, 0.3) is 0 Å². The average molecular weight is 306 g/mol. The number of benzene rings is 1. The number of piperidine rings is 1. The van der Waals surface area contributed by atoms with Gasteiger partial charge in [0.25, 0.3) is 0 Å². The number of nitrogens with zero attached hydrogens (tertiary/aromatic N) is 1. The van der Waals surface area contributed by atoms with Crippen molar-refractivity contribution in [2.45, 2.75) is 44.6 Å². The summed E-state index contributed by atoms with van der Waals surface area (Å²) in [5.74, 6) is 1.41. The number of thioether (sulfide) groups is 1. The van der Waals surface area contributed by atoms with Gasteiger partial charge in [0.15, 0.2) is 0 Å². The van der Waals surface area contributed by atoms with E-state index in [0.717, 1.165) is 19.4 Å². The minimum absolute atomic E-state index is 0.223. The van der Waals surface area contributed by atoms with Gasteiger partial charge in [-0.2, -0.15) is 0 Å². The molecule has 2 N–H and O–H groups in total. The molecule has 1 saturated heterocycles. The largest absolute Gasteiger partial charge is 0.338 e. The molecule has 0 bridgehead atoms. The molecule has 2 atom stereocenters. The van der Waals surface area contributed by atoms with E-state index in [-0.39, 0.29) is 11.9 Å². The van der Waals surface area contributed by atoms with Gasteiger partial charge in [-0.25, -0.2) is 0 Å². The lowest BCUT2D eigenvalue weighted by molar-refractivity contribution is -0.132. The Balaban J connectivity index is 1.96. The fraction of sp³-hybridized carbons (Fsp3) is 0.588. The van der Waals surface area contributed by atoms with E-state index in [9.17, 15) is 4.79 Å². The van der Waals surface area contributed by atoms with Crippen molar-refractivity contribution in [3.05, 3.63) is 29.3 Å². The molecule has 0 aliphatic carbocycles. The van der Waals surface area contributed by atoms with Crippen molar-refractivity contribution < 1.29 is 4.79 Å². The SMILES string of the molecule is Cc1ccc(C)c(SCC(=O)N2CCC(C)CC2CN)c1. The van der Waals surface area contributed by atoms with Gasteiger partial charge in [-0.1, -0.05) is 24.6 Å². The number of carbonyl (C=O) groups excluding carboxylic acids is 1. The lowest BCUT2D eigenvalue weighted by Gasteiger charge is -2.38. The summed E-state index contributed by atoms with van der Waals surface area (Å²) in [6.07, 6.45) is 2.13. The summed E-state index contributed by atoms with van der Waals surface area (Å²) < 4.78 is 0. The standard InChI is InChI=1S/C17H26N2OS/c1-12-4-5-14(3)16(9-12)21-11-17(20)19-7-6-13(2)8-15(19)10-18/h4-5,9,13,15H,6-8,10-11,18H2,1-3H3. The lowest BCUT2D eigenvalue weighted by Crippen LogP contribution is -2.49. The Labute approximate surface area is 132 Å². The molecule has 1 amide bonds. The Morgan fingerprint density at radius 2 is 2.19 bits per heavy atom. The summed E-state index contributed by atoms with van der Waals surface area (Å²) in [4.78, 5) is 15.7. The first kappa shape index (κ1) is 16.4. The van der Waals surface area contributed by atoms with Crippen molar-refractivity contribution in [2.24, 2.45) is 11.7 Å². The summed E-state index contributed by atoms with van der Waals surface area (Å²) in [6, 6.07) is 6.61. The van der Waals surface area contributed by atoms with Crippen molar-refractivity contribution in [2.75, 3.05) is 18.8 Å². The third kappa shape index (κ3) is 4.24. The number of rotatable bonds is 4. The van der Waals surface area contributed by atoms with E-state index < -0.39 is 0 Å². The third-order valence-corrected chi connectivity index (χ3v) is 5.41. The maximum absolute atomic E-state index is 12.5. The van der Waals surface area contributed by atoms with Gasteiger partial charge in [0, 0.05) is 24.0 Å². The third-order valence-electron chi connectivity index (χ3n) is 4.27. The minimum atomic E-state index is 0.223. The normalized spacial score (nSPS) is 22.4. The van der Waals surface area contributed by atoms with Crippen molar-refractivity contribution in [1.29, 1.82) is 0 Å². The highest BCUT2D eigenvalue weighted by molar-refractivity contribution is 8.00. The Bertz CT molecular complexity index is 504. The van der Waals surface area contributed by atoms with Crippen LogP contribution in [0.15, 0.2) is 23.1 Å². The molecule has 3 nitrogen and oxygen atoms in total. The molecule has 1 fully saturated rings. The predicted molar refractivity (Wildman–Crippen MR) is 89.6 cm³/mol. The topological polar surface area (TPSA) is 46.3 Å². The molecule has 1 aliphatic rings. The molecule has 116 valence electrons. The van der Waals surface area contributed by atoms with Crippen molar-refractivity contribution in [3.63, 3.8) is 0 Å².